The quantitative estimate of drug-likeness (QED) is 0.530. The molecule has 0 saturated heterocycles. The maximum Gasteiger partial charge on any atom is 0.229 e. The minimum absolute atomic E-state index is 0.300. The SMILES string of the molecule is CC(C)(C)[C@@H](NC(=O)CC(=O)N[C@H](C(C)(C)C)C1(O)CCC1)C1(O)CCC1. The predicted molar refractivity (Wildman–Crippen MR) is 105 cm³/mol. The highest BCUT2D eigenvalue weighted by Crippen LogP contribution is 2.42. The summed E-state index contributed by atoms with van der Waals surface area (Å²) in [6.45, 7) is 11.9. The lowest BCUT2D eigenvalue weighted by Gasteiger charge is -2.49. The van der Waals surface area contributed by atoms with Gasteiger partial charge in [-0.3, -0.25) is 9.59 Å². The van der Waals surface area contributed by atoms with Gasteiger partial charge in [0.2, 0.25) is 11.8 Å². The first-order valence-corrected chi connectivity index (χ1v) is 10.2. The normalized spacial score (nSPS) is 23.4. The largest absolute Gasteiger partial charge is 0.388 e. The van der Waals surface area contributed by atoms with Crippen molar-refractivity contribution in [1.29, 1.82) is 0 Å². The van der Waals surface area contributed by atoms with Gasteiger partial charge in [0.15, 0.2) is 0 Å². The molecule has 0 radical (unpaired) electrons. The fourth-order valence-electron chi connectivity index (χ4n) is 4.54. The van der Waals surface area contributed by atoms with E-state index in [-0.39, 0.29) is 29.1 Å². The molecule has 4 N–H and O–H groups in total. The van der Waals surface area contributed by atoms with Crippen molar-refractivity contribution in [3.8, 4) is 0 Å². The van der Waals surface area contributed by atoms with Crippen molar-refractivity contribution in [3.63, 3.8) is 0 Å². The van der Waals surface area contributed by atoms with Gasteiger partial charge in [-0.1, -0.05) is 41.5 Å². The van der Waals surface area contributed by atoms with Gasteiger partial charge in [-0.2, -0.15) is 0 Å². The van der Waals surface area contributed by atoms with E-state index in [4.69, 9.17) is 0 Å². The van der Waals surface area contributed by atoms with Crippen molar-refractivity contribution in [3.05, 3.63) is 0 Å². The van der Waals surface area contributed by atoms with Crippen LogP contribution >= 0.6 is 0 Å². The number of carbonyl (C=O) groups is 2. The molecule has 2 rings (SSSR count). The van der Waals surface area contributed by atoms with Crippen LogP contribution in [0.2, 0.25) is 0 Å². The zero-order valence-corrected chi connectivity index (χ0v) is 17.8. The van der Waals surface area contributed by atoms with Gasteiger partial charge in [-0.25, -0.2) is 0 Å². The first kappa shape index (κ1) is 22.2. The third-order valence-electron chi connectivity index (χ3n) is 6.18. The van der Waals surface area contributed by atoms with Crippen LogP contribution < -0.4 is 10.6 Å². The first-order valence-electron chi connectivity index (χ1n) is 10.2. The van der Waals surface area contributed by atoms with Crippen molar-refractivity contribution in [1.82, 2.24) is 10.6 Å². The number of aliphatic hydroxyl groups is 2. The van der Waals surface area contributed by atoms with Crippen molar-refractivity contribution in [2.24, 2.45) is 10.8 Å². The highest BCUT2D eigenvalue weighted by atomic mass is 16.3. The van der Waals surface area contributed by atoms with Crippen molar-refractivity contribution in [2.45, 2.75) is 110 Å². The molecule has 2 amide bonds. The van der Waals surface area contributed by atoms with Gasteiger partial charge in [-0.05, 0) is 49.4 Å². The molecule has 0 aromatic heterocycles. The van der Waals surface area contributed by atoms with E-state index < -0.39 is 23.3 Å². The second-order valence-electron chi connectivity index (χ2n) is 10.8. The van der Waals surface area contributed by atoms with Crippen LogP contribution in [0, 0.1) is 10.8 Å². The van der Waals surface area contributed by atoms with E-state index in [2.05, 4.69) is 10.6 Å². The second kappa shape index (κ2) is 7.36. The molecule has 2 fully saturated rings. The molecule has 27 heavy (non-hydrogen) atoms. The summed E-state index contributed by atoms with van der Waals surface area (Å²) in [5.41, 5.74) is -2.40. The molecule has 0 aliphatic heterocycles. The molecule has 2 aliphatic carbocycles. The lowest BCUT2D eigenvalue weighted by Crippen LogP contribution is -2.63. The van der Waals surface area contributed by atoms with Crippen molar-refractivity contribution in [2.75, 3.05) is 0 Å². The van der Waals surface area contributed by atoms with Gasteiger partial charge in [0.25, 0.3) is 0 Å². The molecule has 2 atom stereocenters. The highest BCUT2D eigenvalue weighted by molar-refractivity contribution is 5.97. The van der Waals surface area contributed by atoms with Crippen LogP contribution in [0.5, 0.6) is 0 Å². The molecular weight excluding hydrogens is 344 g/mol. The Morgan fingerprint density at radius 3 is 1.26 bits per heavy atom. The second-order valence-corrected chi connectivity index (χ2v) is 10.8. The minimum Gasteiger partial charge on any atom is -0.388 e. The summed E-state index contributed by atoms with van der Waals surface area (Å²) in [6, 6.07) is -0.790. The monoisotopic (exact) mass is 382 g/mol. The van der Waals surface area contributed by atoms with Crippen LogP contribution in [0.1, 0.15) is 86.5 Å². The Labute approximate surface area is 163 Å². The average molecular weight is 383 g/mol. The Balaban J connectivity index is 1.98. The molecule has 2 aliphatic rings. The van der Waals surface area contributed by atoms with E-state index in [1.165, 1.54) is 0 Å². The lowest BCUT2D eigenvalue weighted by molar-refractivity contribution is -0.140. The van der Waals surface area contributed by atoms with E-state index in [0.717, 1.165) is 12.8 Å². The summed E-state index contributed by atoms with van der Waals surface area (Å²) in [5.74, 6) is -0.776. The number of rotatable bonds is 6. The maximum atomic E-state index is 12.5. The van der Waals surface area contributed by atoms with Crippen LogP contribution in [0.3, 0.4) is 0 Å². The first-order chi connectivity index (χ1) is 12.2. The van der Waals surface area contributed by atoms with Crippen molar-refractivity contribution < 1.29 is 19.8 Å². The van der Waals surface area contributed by atoms with Crippen LogP contribution in [0.15, 0.2) is 0 Å². The molecule has 0 unspecified atom stereocenters. The van der Waals surface area contributed by atoms with E-state index in [0.29, 0.717) is 25.7 Å². The number of amides is 2. The number of nitrogens with one attached hydrogen (secondary N) is 2. The van der Waals surface area contributed by atoms with Crippen LogP contribution in [0.25, 0.3) is 0 Å². The topological polar surface area (TPSA) is 98.7 Å². The lowest BCUT2D eigenvalue weighted by atomic mass is 9.66. The zero-order chi connectivity index (χ0) is 20.7. The molecule has 156 valence electrons. The molecule has 6 nitrogen and oxygen atoms in total. The Morgan fingerprint density at radius 2 is 1.07 bits per heavy atom. The van der Waals surface area contributed by atoms with Gasteiger partial charge in [0, 0.05) is 0 Å². The van der Waals surface area contributed by atoms with Gasteiger partial charge in [-0.15, -0.1) is 0 Å². The Kier molecular flexibility index (Phi) is 6.04. The molecule has 0 aromatic carbocycles. The number of hydrogen-bond acceptors (Lipinski definition) is 4. The fraction of sp³-hybridized carbons (Fsp3) is 0.905. The summed E-state index contributed by atoms with van der Waals surface area (Å²) in [6.07, 6.45) is 4.27. The standard InChI is InChI=1S/C21H38N2O4/c1-18(2,3)16(20(26)9-7-10-20)22-14(24)13-15(25)23-17(19(4,5)6)21(27)11-8-12-21/h16-17,26-27H,7-13H2,1-6H3,(H,22,24)(H,23,25)/t16-,17-/m1/s1. The summed E-state index contributed by atoms with van der Waals surface area (Å²) < 4.78 is 0. The van der Waals surface area contributed by atoms with Crippen LogP contribution in [-0.4, -0.2) is 45.3 Å². The molecule has 0 aromatic rings. The molecule has 0 spiro atoms. The third kappa shape index (κ3) is 5.02. The van der Waals surface area contributed by atoms with Gasteiger partial charge >= 0.3 is 0 Å². The summed E-state index contributed by atoms with van der Waals surface area (Å²) in [7, 11) is 0. The summed E-state index contributed by atoms with van der Waals surface area (Å²) in [4.78, 5) is 25.0. The maximum absolute atomic E-state index is 12.5. The molecule has 6 heteroatoms. The summed E-state index contributed by atoms with van der Waals surface area (Å²) in [5, 5.41) is 27.3. The smallest absolute Gasteiger partial charge is 0.229 e. The zero-order valence-electron chi connectivity index (χ0n) is 17.8. The number of carbonyl (C=O) groups excluding carboxylic acids is 2. The van der Waals surface area contributed by atoms with E-state index in [9.17, 15) is 19.8 Å². The van der Waals surface area contributed by atoms with Gasteiger partial charge in [0.05, 0.1) is 23.3 Å². The minimum atomic E-state index is -0.889. The van der Waals surface area contributed by atoms with E-state index in [1.807, 2.05) is 41.5 Å². The Hall–Kier alpha value is -1.14. The Bertz CT molecular complexity index is 516. The van der Waals surface area contributed by atoms with E-state index >= 15 is 0 Å². The Morgan fingerprint density at radius 1 is 0.778 bits per heavy atom. The average Bonchev–Trinajstić information content (AvgIpc) is 2.43. The predicted octanol–water partition coefficient (Wildman–Crippen LogP) is 2.27. The molecule has 0 bridgehead atoms. The highest BCUT2D eigenvalue weighted by Gasteiger charge is 2.49. The summed E-state index contributed by atoms with van der Waals surface area (Å²) >= 11 is 0. The molecular formula is C21H38N2O4. The molecule has 2 saturated carbocycles. The third-order valence-corrected chi connectivity index (χ3v) is 6.18. The van der Waals surface area contributed by atoms with Crippen LogP contribution in [0.4, 0.5) is 0 Å². The van der Waals surface area contributed by atoms with Crippen LogP contribution in [-0.2, 0) is 9.59 Å². The van der Waals surface area contributed by atoms with Crippen molar-refractivity contribution >= 4 is 11.8 Å². The van der Waals surface area contributed by atoms with Gasteiger partial charge in [0.1, 0.15) is 6.42 Å². The number of hydrogen-bond donors (Lipinski definition) is 4. The molecule has 0 heterocycles. The van der Waals surface area contributed by atoms with Gasteiger partial charge < -0.3 is 20.8 Å². The fourth-order valence-corrected chi connectivity index (χ4v) is 4.54. The van der Waals surface area contributed by atoms with E-state index in [1.54, 1.807) is 0 Å².